The number of nitrogens with zero attached hydrogens (tertiary/aromatic N) is 1. The van der Waals surface area contributed by atoms with Crippen LogP contribution in [-0.2, 0) is 23.2 Å². The molecular weight excluding hydrogens is 484 g/mol. The normalized spacial score (nSPS) is 20.7. The quantitative estimate of drug-likeness (QED) is 0.495. The molecule has 1 nitrogen and oxygen atoms in total. The van der Waals surface area contributed by atoms with Crippen LogP contribution in [0.2, 0.25) is 0 Å². The van der Waals surface area contributed by atoms with Crippen molar-refractivity contribution < 1.29 is 48.0 Å². The molecule has 0 fully saturated rings. The first kappa shape index (κ1) is 20.0. The van der Waals surface area contributed by atoms with E-state index < -0.39 is 23.2 Å². The predicted molar refractivity (Wildman–Crippen MR) is 92.3 cm³/mol. The summed E-state index contributed by atoms with van der Waals surface area (Å²) in [6.07, 6.45) is 12.7. The van der Waals surface area contributed by atoms with Crippen LogP contribution < -0.4 is 29.7 Å². The summed E-state index contributed by atoms with van der Waals surface area (Å²) in [5, 5.41) is 0. The summed E-state index contributed by atoms with van der Waals surface area (Å²) >= 11 is 3.20. The third-order valence-electron chi connectivity index (χ3n) is 4.20. The van der Waals surface area contributed by atoms with Crippen LogP contribution in [0, 0.1) is 0 Å². The van der Waals surface area contributed by atoms with E-state index in [0.29, 0.717) is 6.04 Å². The maximum atomic E-state index is 3.92. The summed E-state index contributed by atoms with van der Waals surface area (Å²) in [4.78, 5) is 2.45. The monoisotopic (exact) mass is 497 g/mol. The van der Waals surface area contributed by atoms with Gasteiger partial charge in [0.1, 0.15) is 0 Å². The van der Waals surface area contributed by atoms with Gasteiger partial charge in [0.25, 0.3) is 0 Å². The number of halogens is 3. The van der Waals surface area contributed by atoms with Crippen LogP contribution in [0.15, 0.2) is 83.0 Å². The molecule has 0 aromatic heterocycles. The van der Waals surface area contributed by atoms with Gasteiger partial charge in [-0.05, 0) is 0 Å². The van der Waals surface area contributed by atoms with Crippen molar-refractivity contribution in [1.82, 2.24) is 0 Å². The van der Waals surface area contributed by atoms with Crippen molar-refractivity contribution in [3.63, 3.8) is 0 Å². The van der Waals surface area contributed by atoms with Crippen molar-refractivity contribution in [2.24, 2.45) is 0 Å². The number of benzene rings is 1. The zero-order valence-corrected chi connectivity index (χ0v) is 18.7. The van der Waals surface area contributed by atoms with E-state index in [1.165, 1.54) is 21.4 Å². The van der Waals surface area contributed by atoms with Gasteiger partial charge in [0.05, 0.1) is 0 Å². The van der Waals surface area contributed by atoms with Gasteiger partial charge < -0.3 is 24.8 Å². The summed E-state index contributed by atoms with van der Waals surface area (Å²) in [6.45, 7) is 2.21. The molecule has 0 spiro atoms. The van der Waals surface area contributed by atoms with Gasteiger partial charge >= 0.3 is 152 Å². The molecule has 1 aromatic carbocycles. The molecule has 1 aliphatic heterocycles. The third kappa shape index (κ3) is 3.60. The molecule has 0 saturated heterocycles. The second-order valence-electron chi connectivity index (χ2n) is 5.78. The minimum atomic E-state index is -0.726. The van der Waals surface area contributed by atoms with Gasteiger partial charge in [0.2, 0.25) is 0 Å². The molecule has 0 N–H and O–H groups in total. The largest absolute Gasteiger partial charge is 1.00 e. The van der Waals surface area contributed by atoms with Gasteiger partial charge in [0.15, 0.2) is 0 Å². The number of fused-ring (bicyclic) bond motifs is 1. The number of para-hydroxylation sites is 1. The fraction of sp³-hybridized carbons (Fsp3) is 0.158. The van der Waals surface area contributed by atoms with E-state index in [0.717, 1.165) is 6.42 Å². The van der Waals surface area contributed by atoms with Crippen LogP contribution in [0.25, 0.3) is 0 Å². The molecule has 1 heterocycles. The molecule has 24 heavy (non-hydrogen) atoms. The van der Waals surface area contributed by atoms with Crippen molar-refractivity contribution in [2.75, 3.05) is 4.90 Å². The van der Waals surface area contributed by atoms with Crippen LogP contribution in [0.3, 0.4) is 0 Å². The zero-order chi connectivity index (χ0) is 15.1. The van der Waals surface area contributed by atoms with Crippen LogP contribution in [-0.4, -0.2) is 6.04 Å². The molecule has 2 aliphatic carbocycles. The van der Waals surface area contributed by atoms with Gasteiger partial charge in [0, 0.05) is 0 Å². The molecular formula is C19H16BrCl2NZr. The Morgan fingerprint density at radius 2 is 1.92 bits per heavy atom. The Bertz CT molecular complexity index is 778. The van der Waals surface area contributed by atoms with Gasteiger partial charge in [-0.2, -0.15) is 0 Å². The van der Waals surface area contributed by atoms with E-state index in [1.54, 1.807) is 6.56 Å². The molecule has 0 bridgehead atoms. The Labute approximate surface area is 175 Å². The van der Waals surface area contributed by atoms with Crippen molar-refractivity contribution in [1.29, 1.82) is 0 Å². The summed E-state index contributed by atoms with van der Waals surface area (Å²) in [6, 6.07) is 11.1. The predicted octanol–water partition coefficient (Wildman–Crippen LogP) is -0.740. The average Bonchev–Trinajstić information content (AvgIpc) is 3.20. The third-order valence-corrected chi connectivity index (χ3v) is 9.48. The topological polar surface area (TPSA) is 3.24 Å². The zero-order valence-electron chi connectivity index (χ0n) is 13.1. The number of rotatable bonds is 3. The van der Waals surface area contributed by atoms with Crippen LogP contribution >= 0.6 is 15.9 Å². The first-order chi connectivity index (χ1) is 10.7. The summed E-state index contributed by atoms with van der Waals surface area (Å²) in [5.74, 6) is 0. The SMILES string of the molecule is CC1=CC2C(=C1)[C]([Zr+2][C]1=CC=CC1)=C(Br)N2c1ccccc1.[Cl-].[Cl-]. The maximum absolute atomic E-state index is 3.92. The van der Waals surface area contributed by atoms with Gasteiger partial charge in [-0.15, -0.1) is 0 Å². The first-order valence-electron chi connectivity index (χ1n) is 7.51. The van der Waals surface area contributed by atoms with E-state index in [2.05, 4.69) is 88.5 Å². The summed E-state index contributed by atoms with van der Waals surface area (Å²) < 4.78 is 4.55. The maximum Gasteiger partial charge on any atom is -1.00 e. The molecule has 5 heteroatoms. The van der Waals surface area contributed by atoms with E-state index in [1.807, 2.05) is 0 Å². The van der Waals surface area contributed by atoms with Crippen molar-refractivity contribution >= 4 is 21.6 Å². The summed E-state index contributed by atoms with van der Waals surface area (Å²) in [7, 11) is 0. The first-order valence-corrected chi connectivity index (χ1v) is 10.8. The Hall–Kier alpha value is -0.337. The molecule has 4 rings (SSSR count). The molecule has 3 aliphatic rings. The number of allylic oxidation sites excluding steroid dienone is 6. The standard InChI is InChI=1S/C14H11BrN.C5H5.2ClH.Zr/c1-10-7-11-9-14(15)16(13(11)8-10)12-5-3-2-4-6-12;1-2-4-5-3-1;;;/h2-8,13H,1H3;1-3H,4H2;2*1H;/q;;;;+2/p-2. The van der Waals surface area contributed by atoms with Crippen LogP contribution in [0.4, 0.5) is 5.69 Å². The van der Waals surface area contributed by atoms with Crippen molar-refractivity contribution in [2.45, 2.75) is 19.4 Å². The van der Waals surface area contributed by atoms with Crippen molar-refractivity contribution in [3.05, 3.63) is 83.0 Å². The Morgan fingerprint density at radius 1 is 1.17 bits per heavy atom. The number of hydrogen-bond donors (Lipinski definition) is 0. The van der Waals surface area contributed by atoms with E-state index in [4.69, 9.17) is 0 Å². The minimum absolute atomic E-state index is 0. The second kappa shape index (κ2) is 8.36. The van der Waals surface area contributed by atoms with E-state index in [9.17, 15) is 0 Å². The van der Waals surface area contributed by atoms with Crippen molar-refractivity contribution in [3.8, 4) is 0 Å². The fourth-order valence-electron chi connectivity index (χ4n) is 3.20. The van der Waals surface area contributed by atoms with Gasteiger partial charge in [-0.25, -0.2) is 0 Å². The molecule has 122 valence electrons. The Morgan fingerprint density at radius 3 is 2.58 bits per heavy atom. The smallest absolute Gasteiger partial charge is 1.00 e. The van der Waals surface area contributed by atoms with Gasteiger partial charge in [-0.1, -0.05) is 0 Å². The Balaban J connectivity index is 0.00000104. The van der Waals surface area contributed by atoms with E-state index >= 15 is 0 Å². The summed E-state index contributed by atoms with van der Waals surface area (Å²) in [5.41, 5.74) is 4.17. The molecule has 1 aromatic rings. The van der Waals surface area contributed by atoms with E-state index in [-0.39, 0.29) is 24.8 Å². The number of anilines is 1. The fourth-order valence-corrected chi connectivity index (χ4v) is 7.66. The number of hydrogen-bond acceptors (Lipinski definition) is 1. The molecule has 1 atom stereocenters. The molecule has 0 radical (unpaired) electrons. The average molecular weight is 500 g/mol. The Kier molecular flexibility index (Phi) is 6.96. The van der Waals surface area contributed by atoms with Crippen LogP contribution in [0.5, 0.6) is 0 Å². The minimum Gasteiger partial charge on any atom is -1.00 e. The molecule has 1 unspecified atom stereocenters. The van der Waals surface area contributed by atoms with Crippen LogP contribution in [0.1, 0.15) is 13.3 Å². The van der Waals surface area contributed by atoms with Gasteiger partial charge in [-0.3, -0.25) is 0 Å². The molecule has 0 amide bonds. The molecule has 0 saturated carbocycles. The second-order valence-corrected chi connectivity index (χ2v) is 9.95.